The number of aromatic nitrogens is 2. The first-order valence-corrected chi connectivity index (χ1v) is 5.87. The highest BCUT2D eigenvalue weighted by Gasteiger charge is 2.22. The maximum atomic E-state index is 13.2. The normalized spacial score (nSPS) is 19.9. The first-order chi connectivity index (χ1) is 8.74. The number of nitrogens with zero attached hydrogens (tertiary/aromatic N) is 3. The maximum absolute atomic E-state index is 13.2. The van der Waals surface area contributed by atoms with Crippen molar-refractivity contribution in [3.05, 3.63) is 12.0 Å². The lowest BCUT2D eigenvalue weighted by atomic mass is 10.2. The number of anilines is 1. The molecule has 1 unspecified atom stereocenters. The van der Waals surface area contributed by atoms with Crippen LogP contribution in [0, 0.1) is 5.82 Å². The van der Waals surface area contributed by atoms with Crippen LogP contribution in [0.15, 0.2) is 6.20 Å². The highest BCUT2D eigenvalue weighted by atomic mass is 19.1. The number of hydrogen-bond acceptors (Lipinski definition) is 6. The third kappa shape index (κ3) is 2.85. The zero-order chi connectivity index (χ0) is 13.0. The van der Waals surface area contributed by atoms with Crippen LogP contribution in [0.2, 0.25) is 0 Å². The molecular formula is C11H17FN4O2. The van der Waals surface area contributed by atoms with Crippen LogP contribution >= 0.6 is 0 Å². The minimum Gasteiger partial charge on any atom is -0.479 e. The third-order valence-electron chi connectivity index (χ3n) is 2.80. The van der Waals surface area contributed by atoms with E-state index in [0.717, 1.165) is 12.6 Å². The van der Waals surface area contributed by atoms with Gasteiger partial charge in [0, 0.05) is 13.1 Å². The zero-order valence-electron chi connectivity index (χ0n) is 10.3. The van der Waals surface area contributed by atoms with Crippen LogP contribution in [0.25, 0.3) is 0 Å². The van der Waals surface area contributed by atoms with Gasteiger partial charge in [-0.1, -0.05) is 0 Å². The fraction of sp³-hybridized carbons (Fsp3) is 0.636. The van der Waals surface area contributed by atoms with Gasteiger partial charge in [0.25, 0.3) is 5.88 Å². The molecule has 1 aliphatic heterocycles. The maximum Gasteiger partial charge on any atom is 0.255 e. The monoisotopic (exact) mass is 256 g/mol. The molecule has 1 aliphatic rings. The standard InChI is InChI=1S/C11H17FN4O2/c1-17-10-9(12)6-14-11(15-10)16-4-5-18-8(7-16)2-3-13/h6,8H,2-5,7,13H2,1H3. The van der Waals surface area contributed by atoms with Crippen molar-refractivity contribution in [2.75, 3.05) is 38.3 Å². The van der Waals surface area contributed by atoms with Crippen molar-refractivity contribution in [1.82, 2.24) is 9.97 Å². The van der Waals surface area contributed by atoms with Crippen molar-refractivity contribution in [3.8, 4) is 5.88 Å². The smallest absolute Gasteiger partial charge is 0.255 e. The Labute approximate surface area is 105 Å². The number of morpholine rings is 1. The van der Waals surface area contributed by atoms with Crippen LogP contribution in [0.5, 0.6) is 5.88 Å². The average molecular weight is 256 g/mol. The van der Waals surface area contributed by atoms with Gasteiger partial charge in [0.05, 0.1) is 26.0 Å². The van der Waals surface area contributed by atoms with E-state index in [1.807, 2.05) is 4.90 Å². The minimum absolute atomic E-state index is 0.0399. The van der Waals surface area contributed by atoms with E-state index in [-0.39, 0.29) is 12.0 Å². The fourth-order valence-corrected chi connectivity index (χ4v) is 1.90. The van der Waals surface area contributed by atoms with E-state index in [1.165, 1.54) is 7.11 Å². The Hall–Kier alpha value is -1.47. The summed E-state index contributed by atoms with van der Waals surface area (Å²) < 4.78 is 23.6. The molecular weight excluding hydrogens is 239 g/mol. The predicted octanol–water partition coefficient (Wildman–Crippen LogP) is 0.178. The molecule has 0 radical (unpaired) electrons. The Kier molecular flexibility index (Phi) is 4.27. The molecule has 0 aliphatic carbocycles. The number of ether oxygens (including phenoxy) is 2. The molecule has 7 heteroatoms. The molecule has 0 saturated carbocycles. The molecule has 2 heterocycles. The first-order valence-electron chi connectivity index (χ1n) is 5.87. The van der Waals surface area contributed by atoms with Gasteiger partial charge in [-0.2, -0.15) is 9.37 Å². The van der Waals surface area contributed by atoms with Crippen molar-refractivity contribution in [2.24, 2.45) is 5.73 Å². The topological polar surface area (TPSA) is 73.5 Å². The Bertz CT molecular complexity index is 403. The molecule has 1 aromatic rings. The lowest BCUT2D eigenvalue weighted by molar-refractivity contribution is 0.0363. The summed E-state index contributed by atoms with van der Waals surface area (Å²) in [5.41, 5.74) is 5.51. The third-order valence-corrected chi connectivity index (χ3v) is 2.80. The van der Waals surface area contributed by atoms with Gasteiger partial charge < -0.3 is 20.1 Å². The summed E-state index contributed by atoms with van der Waals surface area (Å²) in [5.74, 6) is -0.145. The molecule has 1 atom stereocenters. The largest absolute Gasteiger partial charge is 0.479 e. The summed E-state index contributed by atoms with van der Waals surface area (Å²) in [6.07, 6.45) is 1.98. The van der Waals surface area contributed by atoms with Crippen LogP contribution in [0.4, 0.5) is 10.3 Å². The molecule has 2 rings (SSSR count). The van der Waals surface area contributed by atoms with Gasteiger partial charge in [0.15, 0.2) is 0 Å². The van der Waals surface area contributed by atoms with Crippen LogP contribution in [-0.2, 0) is 4.74 Å². The van der Waals surface area contributed by atoms with E-state index in [4.69, 9.17) is 15.2 Å². The lowest BCUT2D eigenvalue weighted by Crippen LogP contribution is -2.44. The molecule has 0 spiro atoms. The van der Waals surface area contributed by atoms with Crippen molar-refractivity contribution in [2.45, 2.75) is 12.5 Å². The van der Waals surface area contributed by atoms with Crippen molar-refractivity contribution in [1.29, 1.82) is 0 Å². The SMILES string of the molecule is COc1nc(N2CCOC(CCN)C2)ncc1F. The summed E-state index contributed by atoms with van der Waals surface area (Å²) in [6.45, 7) is 2.50. The van der Waals surface area contributed by atoms with Crippen molar-refractivity contribution < 1.29 is 13.9 Å². The van der Waals surface area contributed by atoms with Crippen molar-refractivity contribution >= 4 is 5.95 Å². The minimum atomic E-state index is -0.562. The second-order valence-corrected chi connectivity index (χ2v) is 4.04. The Balaban J connectivity index is 2.10. The predicted molar refractivity (Wildman–Crippen MR) is 64.2 cm³/mol. The molecule has 18 heavy (non-hydrogen) atoms. The highest BCUT2D eigenvalue weighted by Crippen LogP contribution is 2.19. The fourth-order valence-electron chi connectivity index (χ4n) is 1.90. The molecule has 6 nitrogen and oxygen atoms in total. The van der Waals surface area contributed by atoms with E-state index >= 15 is 0 Å². The number of hydrogen-bond donors (Lipinski definition) is 1. The Morgan fingerprint density at radius 3 is 3.22 bits per heavy atom. The Morgan fingerprint density at radius 2 is 2.50 bits per heavy atom. The molecule has 0 amide bonds. The van der Waals surface area contributed by atoms with Crippen LogP contribution in [0.1, 0.15) is 6.42 Å². The molecule has 1 saturated heterocycles. The molecule has 2 N–H and O–H groups in total. The van der Waals surface area contributed by atoms with Gasteiger partial charge in [-0.15, -0.1) is 0 Å². The van der Waals surface area contributed by atoms with E-state index < -0.39 is 5.82 Å². The molecule has 1 fully saturated rings. The quantitative estimate of drug-likeness (QED) is 0.828. The van der Waals surface area contributed by atoms with Gasteiger partial charge in [0.1, 0.15) is 0 Å². The number of nitrogens with two attached hydrogens (primary N) is 1. The molecule has 100 valence electrons. The van der Waals surface area contributed by atoms with E-state index in [0.29, 0.717) is 32.2 Å². The van der Waals surface area contributed by atoms with E-state index in [1.54, 1.807) is 0 Å². The molecule has 0 bridgehead atoms. The van der Waals surface area contributed by atoms with E-state index in [2.05, 4.69) is 9.97 Å². The number of methoxy groups -OCH3 is 1. The van der Waals surface area contributed by atoms with Gasteiger partial charge in [-0.25, -0.2) is 4.98 Å². The van der Waals surface area contributed by atoms with Gasteiger partial charge in [-0.05, 0) is 13.0 Å². The van der Waals surface area contributed by atoms with Gasteiger partial charge in [-0.3, -0.25) is 0 Å². The summed E-state index contributed by atoms with van der Waals surface area (Å²) in [6, 6.07) is 0. The number of rotatable bonds is 4. The Morgan fingerprint density at radius 1 is 1.67 bits per heavy atom. The summed E-state index contributed by atoms with van der Waals surface area (Å²) in [7, 11) is 1.38. The highest BCUT2D eigenvalue weighted by molar-refractivity contribution is 5.33. The lowest BCUT2D eigenvalue weighted by Gasteiger charge is -2.32. The summed E-state index contributed by atoms with van der Waals surface area (Å²) in [4.78, 5) is 9.97. The first kappa shape index (κ1) is 13.0. The zero-order valence-corrected chi connectivity index (χ0v) is 10.3. The number of halogens is 1. The van der Waals surface area contributed by atoms with Gasteiger partial charge >= 0.3 is 0 Å². The van der Waals surface area contributed by atoms with E-state index in [9.17, 15) is 4.39 Å². The summed E-state index contributed by atoms with van der Waals surface area (Å²) >= 11 is 0. The average Bonchev–Trinajstić information content (AvgIpc) is 2.40. The molecule has 0 aromatic carbocycles. The van der Waals surface area contributed by atoms with Crippen LogP contribution < -0.4 is 15.4 Å². The second-order valence-electron chi connectivity index (χ2n) is 4.04. The molecule has 1 aromatic heterocycles. The second kappa shape index (κ2) is 5.92. The van der Waals surface area contributed by atoms with Gasteiger partial charge in [0.2, 0.25) is 11.8 Å². The summed E-state index contributed by atoms with van der Waals surface area (Å²) in [5, 5.41) is 0. The van der Waals surface area contributed by atoms with Crippen LogP contribution in [-0.4, -0.2) is 49.4 Å². The van der Waals surface area contributed by atoms with Crippen molar-refractivity contribution in [3.63, 3.8) is 0 Å². The van der Waals surface area contributed by atoms with Crippen LogP contribution in [0.3, 0.4) is 0 Å².